The second-order valence-corrected chi connectivity index (χ2v) is 8.07. The van der Waals surface area contributed by atoms with E-state index in [-0.39, 0.29) is 31.0 Å². The summed E-state index contributed by atoms with van der Waals surface area (Å²) in [7, 11) is 1.59. The van der Waals surface area contributed by atoms with Crippen molar-refractivity contribution >= 4 is 35.0 Å². The van der Waals surface area contributed by atoms with Crippen LogP contribution >= 0.6 is 23.2 Å². The van der Waals surface area contributed by atoms with E-state index in [1.807, 2.05) is 38.1 Å². The van der Waals surface area contributed by atoms with Crippen molar-refractivity contribution in [2.75, 3.05) is 13.7 Å². The first-order chi connectivity index (χ1) is 14.7. The van der Waals surface area contributed by atoms with E-state index >= 15 is 0 Å². The van der Waals surface area contributed by atoms with Crippen LogP contribution in [0.15, 0.2) is 42.5 Å². The molecule has 0 radical (unpaired) electrons. The highest BCUT2D eigenvalue weighted by Crippen LogP contribution is 2.27. The molecule has 0 aromatic heterocycles. The molecular weight excluding hydrogens is 439 g/mol. The largest absolute Gasteiger partial charge is 0.497 e. The Bertz CT molecular complexity index is 890. The Morgan fingerprint density at radius 2 is 1.77 bits per heavy atom. The zero-order valence-electron chi connectivity index (χ0n) is 18.2. The number of nitrogens with one attached hydrogen (secondary N) is 1. The molecule has 2 rings (SSSR count). The molecule has 0 saturated heterocycles. The molecule has 0 aliphatic heterocycles. The van der Waals surface area contributed by atoms with Gasteiger partial charge in [0.2, 0.25) is 5.91 Å². The fourth-order valence-corrected chi connectivity index (χ4v) is 3.25. The highest BCUT2D eigenvalue weighted by Gasteiger charge is 2.27. The predicted molar refractivity (Wildman–Crippen MR) is 123 cm³/mol. The monoisotopic (exact) mass is 466 g/mol. The van der Waals surface area contributed by atoms with Gasteiger partial charge in [-0.2, -0.15) is 0 Å². The third-order valence-corrected chi connectivity index (χ3v) is 5.46. The van der Waals surface area contributed by atoms with Gasteiger partial charge in [0.25, 0.3) is 5.91 Å². The van der Waals surface area contributed by atoms with Crippen molar-refractivity contribution in [1.82, 2.24) is 10.2 Å². The molecule has 6 nitrogen and oxygen atoms in total. The lowest BCUT2D eigenvalue weighted by molar-refractivity contribution is -0.142. The number of hydrogen-bond acceptors (Lipinski definition) is 4. The SMILES string of the molecule is CCC(C)NC(=O)C(C)N(Cc1ccc(OC)cc1)C(=O)COc1ccc(Cl)cc1Cl. The Morgan fingerprint density at radius 3 is 2.35 bits per heavy atom. The molecule has 1 N–H and O–H groups in total. The molecule has 0 bridgehead atoms. The van der Waals surface area contributed by atoms with Gasteiger partial charge in [0.15, 0.2) is 6.61 Å². The number of methoxy groups -OCH3 is 1. The second kappa shape index (κ2) is 11.8. The van der Waals surface area contributed by atoms with Crippen molar-refractivity contribution in [2.45, 2.75) is 45.8 Å². The number of hydrogen-bond donors (Lipinski definition) is 1. The van der Waals surface area contributed by atoms with E-state index in [4.69, 9.17) is 32.7 Å². The van der Waals surface area contributed by atoms with Crippen LogP contribution in [-0.4, -0.2) is 42.5 Å². The molecule has 0 spiro atoms. The van der Waals surface area contributed by atoms with Crippen LogP contribution in [0.25, 0.3) is 0 Å². The summed E-state index contributed by atoms with van der Waals surface area (Å²) in [6.45, 7) is 5.59. The highest BCUT2D eigenvalue weighted by atomic mass is 35.5. The summed E-state index contributed by atoms with van der Waals surface area (Å²) >= 11 is 12.0. The summed E-state index contributed by atoms with van der Waals surface area (Å²) in [4.78, 5) is 27.3. The van der Waals surface area contributed by atoms with Crippen LogP contribution in [0.2, 0.25) is 10.0 Å². The van der Waals surface area contributed by atoms with Crippen LogP contribution in [0.5, 0.6) is 11.5 Å². The van der Waals surface area contributed by atoms with E-state index in [1.165, 1.54) is 4.90 Å². The quantitative estimate of drug-likeness (QED) is 0.550. The molecule has 2 unspecified atom stereocenters. The van der Waals surface area contributed by atoms with Crippen LogP contribution in [0.1, 0.15) is 32.8 Å². The van der Waals surface area contributed by atoms with E-state index in [0.29, 0.717) is 21.5 Å². The number of halogens is 2. The maximum absolute atomic E-state index is 13.1. The molecule has 31 heavy (non-hydrogen) atoms. The summed E-state index contributed by atoms with van der Waals surface area (Å²) in [5, 5.41) is 3.71. The smallest absolute Gasteiger partial charge is 0.261 e. The number of carbonyl (C=O) groups excluding carboxylic acids is 2. The van der Waals surface area contributed by atoms with Gasteiger partial charge < -0.3 is 19.7 Å². The van der Waals surface area contributed by atoms with E-state index < -0.39 is 6.04 Å². The number of ether oxygens (including phenoxy) is 2. The number of carbonyl (C=O) groups is 2. The zero-order valence-corrected chi connectivity index (χ0v) is 19.7. The molecule has 0 aliphatic rings. The van der Waals surface area contributed by atoms with Crippen LogP contribution in [0, 0.1) is 0 Å². The minimum atomic E-state index is -0.687. The molecule has 2 aromatic rings. The zero-order chi connectivity index (χ0) is 23.0. The molecule has 0 saturated carbocycles. The number of nitrogens with zero attached hydrogens (tertiary/aromatic N) is 1. The molecule has 8 heteroatoms. The van der Waals surface area contributed by atoms with Crippen molar-refractivity contribution in [3.8, 4) is 11.5 Å². The average molecular weight is 467 g/mol. The summed E-state index contributed by atoms with van der Waals surface area (Å²) in [5.41, 5.74) is 0.863. The van der Waals surface area contributed by atoms with Crippen LogP contribution in [0.3, 0.4) is 0 Å². The van der Waals surface area contributed by atoms with E-state index in [9.17, 15) is 9.59 Å². The molecule has 2 atom stereocenters. The normalized spacial score (nSPS) is 12.6. The lowest BCUT2D eigenvalue weighted by Crippen LogP contribution is -2.50. The average Bonchev–Trinajstić information content (AvgIpc) is 2.76. The van der Waals surface area contributed by atoms with E-state index in [1.54, 1.807) is 32.2 Å². The van der Waals surface area contributed by atoms with Crippen molar-refractivity contribution in [1.29, 1.82) is 0 Å². The van der Waals surface area contributed by atoms with E-state index in [2.05, 4.69) is 5.32 Å². The van der Waals surface area contributed by atoms with Crippen molar-refractivity contribution < 1.29 is 19.1 Å². The standard InChI is InChI=1S/C23H28Cl2N2O4/c1-5-15(2)26-23(29)16(3)27(13-17-6-9-19(30-4)10-7-17)22(28)14-31-21-11-8-18(24)12-20(21)25/h6-12,15-16H,5,13-14H2,1-4H3,(H,26,29). The van der Waals surface area contributed by atoms with Crippen LogP contribution in [0.4, 0.5) is 0 Å². The molecular formula is C23H28Cl2N2O4. The number of amides is 2. The topological polar surface area (TPSA) is 67.9 Å². The summed E-state index contributed by atoms with van der Waals surface area (Å²) in [6, 6.07) is 11.4. The molecule has 0 aliphatic carbocycles. The lowest BCUT2D eigenvalue weighted by atomic mass is 10.1. The Hall–Kier alpha value is -2.44. The summed E-state index contributed by atoms with van der Waals surface area (Å²) < 4.78 is 10.8. The molecule has 0 heterocycles. The van der Waals surface area contributed by atoms with Gasteiger partial charge in [0.1, 0.15) is 17.5 Å². The van der Waals surface area contributed by atoms with Gasteiger partial charge in [-0.15, -0.1) is 0 Å². The summed E-state index contributed by atoms with van der Waals surface area (Å²) in [5.74, 6) is 0.500. The fraction of sp³-hybridized carbons (Fsp3) is 0.391. The van der Waals surface area contributed by atoms with Gasteiger partial charge in [-0.3, -0.25) is 9.59 Å². The van der Waals surface area contributed by atoms with Gasteiger partial charge in [-0.05, 0) is 56.2 Å². The Morgan fingerprint density at radius 1 is 1.10 bits per heavy atom. The Balaban J connectivity index is 2.17. The van der Waals surface area contributed by atoms with Crippen molar-refractivity contribution in [3.63, 3.8) is 0 Å². The maximum Gasteiger partial charge on any atom is 0.261 e. The van der Waals surface area contributed by atoms with Gasteiger partial charge in [0.05, 0.1) is 12.1 Å². The highest BCUT2D eigenvalue weighted by molar-refractivity contribution is 6.35. The molecule has 2 aromatic carbocycles. The first kappa shape index (κ1) is 24.8. The molecule has 2 amide bonds. The van der Waals surface area contributed by atoms with Gasteiger partial charge >= 0.3 is 0 Å². The predicted octanol–water partition coefficient (Wildman–Crippen LogP) is 4.71. The first-order valence-corrected chi connectivity index (χ1v) is 10.8. The van der Waals surface area contributed by atoms with Gasteiger partial charge in [-0.1, -0.05) is 42.3 Å². The Labute approximate surface area is 193 Å². The van der Waals surface area contributed by atoms with Gasteiger partial charge in [0, 0.05) is 17.6 Å². The summed E-state index contributed by atoms with van der Waals surface area (Å²) in [6.07, 6.45) is 0.795. The van der Waals surface area contributed by atoms with Crippen LogP contribution < -0.4 is 14.8 Å². The minimum Gasteiger partial charge on any atom is -0.497 e. The van der Waals surface area contributed by atoms with E-state index in [0.717, 1.165) is 12.0 Å². The van der Waals surface area contributed by atoms with Crippen molar-refractivity contribution in [2.24, 2.45) is 0 Å². The minimum absolute atomic E-state index is 0.0111. The lowest BCUT2D eigenvalue weighted by Gasteiger charge is -2.29. The van der Waals surface area contributed by atoms with Crippen LogP contribution in [-0.2, 0) is 16.1 Å². The van der Waals surface area contributed by atoms with Crippen molar-refractivity contribution in [3.05, 3.63) is 58.1 Å². The molecule has 168 valence electrons. The third kappa shape index (κ3) is 7.33. The van der Waals surface area contributed by atoms with Gasteiger partial charge in [-0.25, -0.2) is 0 Å². The number of rotatable bonds is 10. The number of benzene rings is 2. The molecule has 0 fully saturated rings. The fourth-order valence-electron chi connectivity index (χ4n) is 2.79. The third-order valence-electron chi connectivity index (χ3n) is 4.93. The first-order valence-electron chi connectivity index (χ1n) is 10.1. The maximum atomic E-state index is 13.1. The second-order valence-electron chi connectivity index (χ2n) is 7.23. The Kier molecular flexibility index (Phi) is 9.46.